The zero-order valence-electron chi connectivity index (χ0n) is 19.4. The minimum Gasteiger partial charge on any atom is -0.456 e. The van der Waals surface area contributed by atoms with E-state index in [1.165, 1.54) is 6.07 Å². The summed E-state index contributed by atoms with van der Waals surface area (Å²) in [5, 5.41) is 11.1. The van der Waals surface area contributed by atoms with Crippen molar-refractivity contribution >= 4 is 28.9 Å². The second kappa shape index (κ2) is 11.2. The third-order valence-corrected chi connectivity index (χ3v) is 6.32. The maximum absolute atomic E-state index is 13.9. The lowest BCUT2D eigenvalue weighted by Gasteiger charge is -2.30. The fraction of sp³-hybridized carbons (Fsp3) is 0.308. The molecule has 0 fully saturated rings. The van der Waals surface area contributed by atoms with Crippen LogP contribution in [0.15, 0.2) is 66.7 Å². The summed E-state index contributed by atoms with van der Waals surface area (Å²) in [5.74, 6) is -4.41. The molecule has 0 aliphatic heterocycles. The first-order chi connectivity index (χ1) is 16.8. The van der Waals surface area contributed by atoms with Crippen LogP contribution in [0.2, 0.25) is 10.0 Å². The van der Waals surface area contributed by atoms with E-state index in [-0.39, 0.29) is 29.6 Å². The molecular weight excluding hydrogens is 524 g/mol. The number of halogens is 7. The Morgan fingerprint density at radius 1 is 0.917 bits per heavy atom. The molecule has 0 radical (unpaired) electrons. The number of nitrogens with zero attached hydrogens (tertiary/aromatic N) is 1. The molecule has 0 saturated carbocycles. The molecule has 0 aliphatic rings. The average Bonchev–Trinajstić information content (AvgIpc) is 2.81. The van der Waals surface area contributed by atoms with Crippen molar-refractivity contribution in [1.29, 1.82) is 0 Å². The van der Waals surface area contributed by atoms with Crippen molar-refractivity contribution in [3.63, 3.8) is 0 Å². The smallest absolute Gasteiger partial charge is 0.456 e. The molecule has 1 atom stereocenters. The van der Waals surface area contributed by atoms with Gasteiger partial charge >= 0.3 is 12.1 Å². The molecule has 0 bridgehead atoms. The number of alkyl halides is 5. The summed E-state index contributed by atoms with van der Waals surface area (Å²) < 4.78 is 72.4. The van der Waals surface area contributed by atoms with E-state index < -0.39 is 23.8 Å². The van der Waals surface area contributed by atoms with Crippen LogP contribution in [-0.4, -0.2) is 23.9 Å². The number of aliphatic hydroxyl groups is 1. The molecule has 0 heterocycles. The Hall–Kier alpha value is -2.55. The first-order valence-corrected chi connectivity index (χ1v) is 11.7. The standard InChI is InChI=1S/C26H24Cl2F5NO2/c1-16(2)22(35)15-34(14-17-6-3-7-18(12-17)25(29,30)26(31,32)33)19-8-4-9-20(13-19)36-23-11-5-10-21(27)24(23)28/h3-13,16,22,35H,14-15H2,1-2H3. The summed E-state index contributed by atoms with van der Waals surface area (Å²) in [4.78, 5) is 1.68. The lowest BCUT2D eigenvalue weighted by atomic mass is 10.0. The summed E-state index contributed by atoms with van der Waals surface area (Å²) >= 11 is 12.2. The van der Waals surface area contributed by atoms with Gasteiger partial charge in [-0.3, -0.25) is 0 Å². The molecule has 10 heteroatoms. The molecule has 3 aromatic rings. The van der Waals surface area contributed by atoms with E-state index in [9.17, 15) is 27.1 Å². The van der Waals surface area contributed by atoms with E-state index in [0.29, 0.717) is 22.2 Å². The van der Waals surface area contributed by atoms with Crippen LogP contribution >= 0.6 is 23.2 Å². The number of hydrogen-bond acceptors (Lipinski definition) is 3. The summed E-state index contributed by atoms with van der Waals surface area (Å²) in [6.45, 7) is 3.69. The first-order valence-electron chi connectivity index (χ1n) is 11.0. The number of aliphatic hydroxyl groups excluding tert-OH is 1. The molecule has 0 spiro atoms. The van der Waals surface area contributed by atoms with Crippen molar-refractivity contribution in [2.45, 2.75) is 38.6 Å². The molecule has 194 valence electrons. The second-order valence-corrected chi connectivity index (χ2v) is 9.40. The van der Waals surface area contributed by atoms with Crippen LogP contribution in [0, 0.1) is 5.92 Å². The highest BCUT2D eigenvalue weighted by molar-refractivity contribution is 6.42. The van der Waals surface area contributed by atoms with Crippen molar-refractivity contribution in [1.82, 2.24) is 0 Å². The predicted molar refractivity (Wildman–Crippen MR) is 131 cm³/mol. The van der Waals surface area contributed by atoms with E-state index in [1.807, 2.05) is 13.8 Å². The highest BCUT2D eigenvalue weighted by Gasteiger charge is 2.58. The summed E-state index contributed by atoms with van der Waals surface area (Å²) in [6.07, 6.45) is -6.51. The first kappa shape index (κ1) is 28.0. The fourth-order valence-corrected chi connectivity index (χ4v) is 3.71. The molecule has 3 aromatic carbocycles. The summed E-state index contributed by atoms with van der Waals surface area (Å²) in [5.41, 5.74) is -0.375. The van der Waals surface area contributed by atoms with Crippen molar-refractivity contribution in [3.05, 3.63) is 87.9 Å². The van der Waals surface area contributed by atoms with Gasteiger partial charge in [-0.05, 0) is 41.8 Å². The molecule has 0 amide bonds. The Morgan fingerprint density at radius 3 is 2.25 bits per heavy atom. The van der Waals surface area contributed by atoms with E-state index >= 15 is 0 Å². The molecule has 3 rings (SSSR count). The molecule has 0 saturated heterocycles. The lowest BCUT2D eigenvalue weighted by molar-refractivity contribution is -0.289. The van der Waals surface area contributed by atoms with Crippen molar-refractivity contribution < 1.29 is 31.8 Å². The van der Waals surface area contributed by atoms with Crippen LogP contribution in [0.3, 0.4) is 0 Å². The number of rotatable bonds is 9. The highest BCUT2D eigenvalue weighted by Crippen LogP contribution is 2.44. The van der Waals surface area contributed by atoms with Gasteiger partial charge in [-0.15, -0.1) is 0 Å². The van der Waals surface area contributed by atoms with Gasteiger partial charge in [-0.1, -0.05) is 67.4 Å². The molecule has 36 heavy (non-hydrogen) atoms. The molecular formula is C26H24Cl2F5NO2. The second-order valence-electron chi connectivity index (χ2n) is 8.62. The lowest BCUT2D eigenvalue weighted by Crippen LogP contribution is -2.35. The van der Waals surface area contributed by atoms with Crippen molar-refractivity contribution in [2.75, 3.05) is 11.4 Å². The number of anilines is 1. The van der Waals surface area contributed by atoms with Gasteiger partial charge < -0.3 is 14.7 Å². The van der Waals surface area contributed by atoms with Gasteiger partial charge in [-0.2, -0.15) is 22.0 Å². The third kappa shape index (κ3) is 6.60. The Bertz CT molecular complexity index is 1190. The monoisotopic (exact) mass is 547 g/mol. The molecule has 0 aromatic heterocycles. The van der Waals surface area contributed by atoms with Crippen LogP contribution in [0.25, 0.3) is 0 Å². The van der Waals surface area contributed by atoms with Gasteiger partial charge in [0, 0.05) is 30.4 Å². The minimum atomic E-state index is -5.72. The van der Waals surface area contributed by atoms with Gasteiger partial charge in [0.05, 0.1) is 11.1 Å². The summed E-state index contributed by atoms with van der Waals surface area (Å²) in [7, 11) is 0. The highest BCUT2D eigenvalue weighted by atomic mass is 35.5. The van der Waals surface area contributed by atoms with E-state index in [2.05, 4.69) is 0 Å². The van der Waals surface area contributed by atoms with Gasteiger partial charge in [0.15, 0.2) is 0 Å². The van der Waals surface area contributed by atoms with Crippen molar-refractivity contribution in [3.8, 4) is 11.5 Å². The van der Waals surface area contributed by atoms with Gasteiger partial charge in [0.25, 0.3) is 0 Å². The number of ether oxygens (including phenoxy) is 1. The van der Waals surface area contributed by atoms with E-state index in [4.69, 9.17) is 27.9 Å². The Kier molecular flexibility index (Phi) is 8.75. The molecule has 0 aliphatic carbocycles. The molecule has 1 unspecified atom stereocenters. The van der Waals surface area contributed by atoms with Crippen LogP contribution in [0.4, 0.5) is 27.6 Å². The Labute approximate surface area is 216 Å². The maximum Gasteiger partial charge on any atom is 0.458 e. The topological polar surface area (TPSA) is 32.7 Å². The summed E-state index contributed by atoms with van der Waals surface area (Å²) in [6, 6.07) is 15.8. The van der Waals surface area contributed by atoms with Gasteiger partial charge in [0.1, 0.15) is 16.5 Å². The third-order valence-electron chi connectivity index (χ3n) is 5.52. The zero-order valence-corrected chi connectivity index (χ0v) is 20.9. The zero-order chi connectivity index (χ0) is 26.7. The quantitative estimate of drug-likeness (QED) is 0.273. The number of hydrogen-bond donors (Lipinski definition) is 1. The van der Waals surface area contributed by atoms with E-state index in [0.717, 1.165) is 18.2 Å². The van der Waals surface area contributed by atoms with Crippen LogP contribution in [-0.2, 0) is 12.5 Å². The Morgan fingerprint density at radius 2 is 1.58 bits per heavy atom. The Balaban J connectivity index is 1.94. The van der Waals surface area contributed by atoms with Crippen LogP contribution in [0.5, 0.6) is 11.5 Å². The number of benzene rings is 3. The molecule has 1 N–H and O–H groups in total. The van der Waals surface area contributed by atoms with Crippen molar-refractivity contribution in [2.24, 2.45) is 5.92 Å². The fourth-order valence-electron chi connectivity index (χ4n) is 3.38. The molecule has 3 nitrogen and oxygen atoms in total. The van der Waals surface area contributed by atoms with Crippen LogP contribution < -0.4 is 9.64 Å². The van der Waals surface area contributed by atoms with Gasteiger partial charge in [0.2, 0.25) is 0 Å². The normalized spacial score (nSPS) is 13.1. The van der Waals surface area contributed by atoms with Crippen LogP contribution in [0.1, 0.15) is 25.0 Å². The van der Waals surface area contributed by atoms with Gasteiger partial charge in [-0.25, -0.2) is 0 Å². The predicted octanol–water partition coefficient (Wildman–Crippen LogP) is 8.46. The maximum atomic E-state index is 13.9. The largest absolute Gasteiger partial charge is 0.458 e. The van der Waals surface area contributed by atoms with E-state index in [1.54, 1.807) is 47.4 Å². The minimum absolute atomic E-state index is 0.0348. The SMILES string of the molecule is CC(C)C(O)CN(Cc1cccc(C(F)(F)C(F)(F)F)c1)c1cccc(Oc2cccc(Cl)c2Cl)c1. The average molecular weight is 548 g/mol.